The van der Waals surface area contributed by atoms with E-state index in [0.717, 1.165) is 0 Å². The number of hydrogen-bond acceptors (Lipinski definition) is 3. The third kappa shape index (κ3) is 3.99. The van der Waals surface area contributed by atoms with E-state index in [9.17, 15) is 13.5 Å². The number of benzene rings is 1. The normalized spacial score (nSPS) is 13.7. The largest absolute Gasteiger partial charge is 0.387 e. The lowest BCUT2D eigenvalue weighted by atomic mass is 10.1. The highest BCUT2D eigenvalue weighted by molar-refractivity contribution is 7.89. The first kappa shape index (κ1) is 12.2. The van der Waals surface area contributed by atoms with Crippen LogP contribution in [0.15, 0.2) is 30.3 Å². The summed E-state index contributed by atoms with van der Waals surface area (Å²) in [4.78, 5) is 0. The third-order valence-corrected chi connectivity index (χ3v) is 3.41. The molecule has 0 fully saturated rings. The molecule has 0 aliphatic rings. The van der Waals surface area contributed by atoms with E-state index in [1.807, 2.05) is 6.07 Å². The Morgan fingerprint density at radius 2 is 1.93 bits per heavy atom. The van der Waals surface area contributed by atoms with E-state index in [1.54, 1.807) is 31.2 Å². The zero-order valence-electron chi connectivity index (χ0n) is 8.55. The number of rotatable bonds is 5. The van der Waals surface area contributed by atoms with Crippen LogP contribution in [0, 0.1) is 0 Å². The van der Waals surface area contributed by atoms with Gasteiger partial charge in [-0.1, -0.05) is 37.3 Å². The molecule has 0 aliphatic heterocycles. The maximum Gasteiger partial charge on any atom is 0.214 e. The molecule has 0 unspecified atom stereocenters. The standard InChI is InChI=1S/C10H15NO3S/c1-2-11-15(13,14)8-10(12)9-6-4-3-5-7-9/h3-7,10-12H,2,8H2,1H3/t10-/m1/s1. The summed E-state index contributed by atoms with van der Waals surface area (Å²) in [6.07, 6.45) is -0.977. The second kappa shape index (κ2) is 5.25. The Labute approximate surface area is 90.0 Å². The molecule has 0 heterocycles. The summed E-state index contributed by atoms with van der Waals surface area (Å²) in [5, 5.41) is 9.66. The minimum atomic E-state index is -3.38. The Bertz CT molecular complexity index is 388. The first-order valence-corrected chi connectivity index (χ1v) is 6.40. The summed E-state index contributed by atoms with van der Waals surface area (Å²) in [7, 11) is -3.38. The molecular weight excluding hydrogens is 214 g/mol. The van der Waals surface area contributed by atoms with Crippen LogP contribution in [-0.4, -0.2) is 25.8 Å². The zero-order valence-corrected chi connectivity index (χ0v) is 9.37. The molecule has 0 bridgehead atoms. The molecule has 0 radical (unpaired) electrons. The fourth-order valence-electron chi connectivity index (χ4n) is 1.26. The molecule has 1 rings (SSSR count). The van der Waals surface area contributed by atoms with Gasteiger partial charge in [-0.05, 0) is 5.56 Å². The van der Waals surface area contributed by atoms with Crippen LogP contribution in [0.5, 0.6) is 0 Å². The van der Waals surface area contributed by atoms with Crippen molar-refractivity contribution in [2.75, 3.05) is 12.3 Å². The van der Waals surface area contributed by atoms with Crippen molar-refractivity contribution in [3.8, 4) is 0 Å². The van der Waals surface area contributed by atoms with Crippen LogP contribution in [0.1, 0.15) is 18.6 Å². The molecule has 84 valence electrons. The Morgan fingerprint density at radius 1 is 1.33 bits per heavy atom. The predicted molar refractivity (Wildman–Crippen MR) is 58.9 cm³/mol. The van der Waals surface area contributed by atoms with Crippen LogP contribution in [0.25, 0.3) is 0 Å². The van der Waals surface area contributed by atoms with Gasteiger partial charge in [-0.15, -0.1) is 0 Å². The highest BCUT2D eigenvalue weighted by Crippen LogP contribution is 2.13. The monoisotopic (exact) mass is 229 g/mol. The molecule has 2 N–H and O–H groups in total. The van der Waals surface area contributed by atoms with Gasteiger partial charge < -0.3 is 5.11 Å². The van der Waals surface area contributed by atoms with Crippen molar-refractivity contribution in [3.05, 3.63) is 35.9 Å². The van der Waals surface area contributed by atoms with E-state index in [4.69, 9.17) is 0 Å². The minimum absolute atomic E-state index is 0.301. The number of nitrogens with one attached hydrogen (secondary N) is 1. The lowest BCUT2D eigenvalue weighted by Crippen LogP contribution is -2.28. The van der Waals surface area contributed by atoms with Crippen molar-refractivity contribution in [2.24, 2.45) is 0 Å². The summed E-state index contributed by atoms with van der Waals surface area (Å²) in [5.74, 6) is -0.301. The van der Waals surface area contributed by atoms with Gasteiger partial charge in [0.1, 0.15) is 0 Å². The number of sulfonamides is 1. The van der Waals surface area contributed by atoms with Gasteiger partial charge in [0.05, 0.1) is 11.9 Å². The van der Waals surface area contributed by atoms with Crippen LogP contribution < -0.4 is 4.72 Å². The quantitative estimate of drug-likeness (QED) is 0.779. The van der Waals surface area contributed by atoms with Gasteiger partial charge in [0.25, 0.3) is 0 Å². The van der Waals surface area contributed by atoms with Gasteiger partial charge >= 0.3 is 0 Å². The van der Waals surface area contributed by atoms with E-state index < -0.39 is 16.1 Å². The van der Waals surface area contributed by atoms with E-state index >= 15 is 0 Å². The summed E-state index contributed by atoms with van der Waals surface area (Å²) in [6, 6.07) is 8.74. The molecule has 0 aliphatic carbocycles. The Balaban J connectivity index is 2.68. The van der Waals surface area contributed by atoms with Gasteiger partial charge in [-0.2, -0.15) is 0 Å². The molecule has 0 spiro atoms. The van der Waals surface area contributed by atoms with Crippen molar-refractivity contribution in [3.63, 3.8) is 0 Å². The SMILES string of the molecule is CCNS(=O)(=O)C[C@@H](O)c1ccccc1. The summed E-state index contributed by atoms with van der Waals surface area (Å²) in [5.41, 5.74) is 0.610. The van der Waals surface area contributed by atoms with E-state index in [-0.39, 0.29) is 5.75 Å². The topological polar surface area (TPSA) is 66.4 Å². The first-order valence-electron chi connectivity index (χ1n) is 4.75. The van der Waals surface area contributed by atoms with Gasteiger partial charge in [0, 0.05) is 6.54 Å². The van der Waals surface area contributed by atoms with Crippen molar-refractivity contribution < 1.29 is 13.5 Å². The predicted octanol–water partition coefficient (Wildman–Crippen LogP) is 0.659. The second-order valence-corrected chi connectivity index (χ2v) is 5.06. The smallest absolute Gasteiger partial charge is 0.214 e. The summed E-state index contributed by atoms with van der Waals surface area (Å²) in [6.45, 7) is 2.04. The van der Waals surface area contributed by atoms with Gasteiger partial charge in [0.2, 0.25) is 10.0 Å². The average molecular weight is 229 g/mol. The summed E-state index contributed by atoms with van der Waals surface area (Å²) < 4.78 is 25.0. The fourth-order valence-corrected chi connectivity index (χ4v) is 2.42. The van der Waals surface area contributed by atoms with Gasteiger partial charge in [-0.3, -0.25) is 0 Å². The molecule has 15 heavy (non-hydrogen) atoms. The van der Waals surface area contributed by atoms with E-state index in [2.05, 4.69) is 4.72 Å². The highest BCUT2D eigenvalue weighted by Gasteiger charge is 2.17. The lowest BCUT2D eigenvalue weighted by molar-refractivity contribution is 0.201. The molecule has 1 atom stereocenters. The highest BCUT2D eigenvalue weighted by atomic mass is 32.2. The van der Waals surface area contributed by atoms with Crippen LogP contribution in [0.2, 0.25) is 0 Å². The van der Waals surface area contributed by atoms with Crippen LogP contribution in [-0.2, 0) is 10.0 Å². The maximum atomic E-state index is 11.3. The Kier molecular flexibility index (Phi) is 4.26. The molecule has 1 aromatic carbocycles. The Hall–Kier alpha value is -0.910. The zero-order chi connectivity index (χ0) is 11.3. The molecule has 5 heteroatoms. The van der Waals surface area contributed by atoms with Crippen LogP contribution in [0.4, 0.5) is 0 Å². The van der Waals surface area contributed by atoms with Crippen molar-refractivity contribution in [2.45, 2.75) is 13.0 Å². The van der Waals surface area contributed by atoms with Crippen molar-refractivity contribution in [1.29, 1.82) is 0 Å². The second-order valence-electron chi connectivity index (χ2n) is 3.21. The van der Waals surface area contributed by atoms with E-state index in [0.29, 0.717) is 12.1 Å². The van der Waals surface area contributed by atoms with Crippen molar-refractivity contribution >= 4 is 10.0 Å². The van der Waals surface area contributed by atoms with Gasteiger partial charge in [0.15, 0.2) is 0 Å². The van der Waals surface area contributed by atoms with Crippen LogP contribution in [0.3, 0.4) is 0 Å². The lowest BCUT2D eigenvalue weighted by Gasteiger charge is -2.11. The molecule has 0 aromatic heterocycles. The molecule has 0 amide bonds. The molecule has 4 nitrogen and oxygen atoms in total. The number of aliphatic hydroxyl groups is 1. The van der Waals surface area contributed by atoms with E-state index in [1.165, 1.54) is 0 Å². The van der Waals surface area contributed by atoms with Crippen molar-refractivity contribution in [1.82, 2.24) is 4.72 Å². The molecule has 1 aromatic rings. The number of hydrogen-bond donors (Lipinski definition) is 2. The first-order chi connectivity index (χ1) is 7.05. The van der Waals surface area contributed by atoms with Crippen LogP contribution >= 0.6 is 0 Å². The molecular formula is C10H15NO3S. The fraction of sp³-hybridized carbons (Fsp3) is 0.400. The summed E-state index contributed by atoms with van der Waals surface area (Å²) >= 11 is 0. The average Bonchev–Trinajstić information content (AvgIpc) is 2.18. The molecule has 0 saturated heterocycles. The maximum absolute atomic E-state index is 11.3. The third-order valence-electron chi connectivity index (χ3n) is 1.93. The molecule has 0 saturated carbocycles. The Morgan fingerprint density at radius 3 is 2.47 bits per heavy atom. The number of aliphatic hydroxyl groups excluding tert-OH is 1. The van der Waals surface area contributed by atoms with Gasteiger partial charge in [-0.25, -0.2) is 13.1 Å². The minimum Gasteiger partial charge on any atom is -0.387 e.